The van der Waals surface area contributed by atoms with Crippen molar-refractivity contribution in [3.8, 4) is 22.3 Å². The predicted molar refractivity (Wildman–Crippen MR) is 192 cm³/mol. The second kappa shape index (κ2) is 10.2. The summed E-state index contributed by atoms with van der Waals surface area (Å²) in [6, 6.07) is 45.4. The predicted octanol–water partition coefficient (Wildman–Crippen LogP) is 12.2. The van der Waals surface area contributed by atoms with E-state index in [-0.39, 0.29) is 0 Å². The molecular formula is C42H38HfSi. The molecule has 44 heavy (non-hydrogen) atoms. The third-order valence-electron chi connectivity index (χ3n) is 11.5. The zero-order chi connectivity index (χ0) is 30.1. The Hall–Kier alpha value is -3.59. The Morgan fingerprint density at radius 2 is 0.841 bits per heavy atom. The molecule has 0 aromatic heterocycles. The fourth-order valence-corrected chi connectivity index (χ4v) is 42.2. The molecule has 8 rings (SSSR count). The van der Waals surface area contributed by atoms with Gasteiger partial charge in [-0.25, -0.2) is 0 Å². The van der Waals surface area contributed by atoms with E-state index < -0.39 is 22.6 Å². The van der Waals surface area contributed by atoms with Crippen molar-refractivity contribution in [3.05, 3.63) is 156 Å². The van der Waals surface area contributed by atoms with E-state index in [2.05, 4.69) is 168 Å². The second-order valence-electron chi connectivity index (χ2n) is 14.0. The summed E-state index contributed by atoms with van der Waals surface area (Å²) in [4.78, 5) is 0. The van der Waals surface area contributed by atoms with Gasteiger partial charge >= 0.3 is 264 Å². The Bertz CT molecular complexity index is 2110. The molecule has 0 heterocycles. The van der Waals surface area contributed by atoms with Crippen molar-refractivity contribution >= 4 is 39.2 Å². The average molecular weight is 749 g/mol. The SMILES string of the molecule is C[Si](C)=[Hf]([CH3])([CH3])([CH]1C=Cc2c(-c3cccc4ccccc34)cccc21)[CH]1C=Cc2c(-c3cccc4ccccc34)cccc21. The van der Waals surface area contributed by atoms with E-state index >= 15 is 0 Å². The van der Waals surface area contributed by atoms with Crippen LogP contribution in [0.5, 0.6) is 0 Å². The van der Waals surface area contributed by atoms with Crippen LogP contribution >= 0.6 is 0 Å². The maximum absolute atomic E-state index is 3.77. The van der Waals surface area contributed by atoms with Crippen LogP contribution in [0.4, 0.5) is 0 Å². The van der Waals surface area contributed by atoms with Crippen LogP contribution in [0, 0.1) is 0 Å². The summed E-state index contributed by atoms with van der Waals surface area (Å²) in [5.41, 5.74) is 10.8. The average Bonchev–Trinajstić information content (AvgIpc) is 3.71. The van der Waals surface area contributed by atoms with Gasteiger partial charge in [0.25, 0.3) is 0 Å². The molecule has 2 atom stereocenters. The van der Waals surface area contributed by atoms with Crippen LogP contribution in [0.25, 0.3) is 56.0 Å². The molecule has 214 valence electrons. The van der Waals surface area contributed by atoms with Gasteiger partial charge < -0.3 is 0 Å². The monoisotopic (exact) mass is 750 g/mol. The van der Waals surface area contributed by atoms with Gasteiger partial charge in [-0.2, -0.15) is 0 Å². The number of fused-ring (bicyclic) bond motifs is 4. The summed E-state index contributed by atoms with van der Waals surface area (Å²) in [5.74, 6) is 0. The first-order chi connectivity index (χ1) is 21.4. The third kappa shape index (κ3) is 3.97. The Kier molecular flexibility index (Phi) is 6.49. The first-order valence-electron chi connectivity index (χ1n) is 15.9. The first kappa shape index (κ1) is 27.9. The number of allylic oxidation sites excluding steroid dienone is 2. The van der Waals surface area contributed by atoms with Gasteiger partial charge in [0.05, 0.1) is 0 Å². The molecule has 0 saturated carbocycles. The Balaban J connectivity index is 1.29. The normalized spacial score (nSPS) is 17.3. The molecule has 0 spiro atoms. The topological polar surface area (TPSA) is 0 Å². The molecule has 0 radical (unpaired) electrons. The van der Waals surface area contributed by atoms with Crippen LogP contribution in [0.15, 0.2) is 133 Å². The quantitative estimate of drug-likeness (QED) is 0.158. The van der Waals surface area contributed by atoms with Crippen LogP contribution in [0.3, 0.4) is 0 Å². The van der Waals surface area contributed by atoms with Gasteiger partial charge in [0.1, 0.15) is 0 Å². The Morgan fingerprint density at radius 1 is 0.455 bits per heavy atom. The van der Waals surface area contributed by atoms with Crippen molar-refractivity contribution in [2.45, 2.75) is 29.8 Å². The standard InChI is InChI=1S/2C19H13.C2H6Si.2CH3.Hf/c2*1-2-10-16-14(6-1)8-4-12-18(16)19-13-5-9-15-7-3-11-17(15)19;1-3-2;;;/h2*1-13H;1-2H3;2*1H3;. The summed E-state index contributed by atoms with van der Waals surface area (Å²) in [6.07, 6.45) is 10.2. The fourth-order valence-electron chi connectivity index (χ4n) is 8.43. The molecular weight excluding hydrogens is 711 g/mol. The van der Waals surface area contributed by atoms with E-state index in [1.807, 2.05) is 0 Å². The minimum absolute atomic E-state index is 0.530. The van der Waals surface area contributed by atoms with Crippen LogP contribution in [0.2, 0.25) is 22.5 Å². The third-order valence-corrected chi connectivity index (χ3v) is 71.1. The van der Waals surface area contributed by atoms with Crippen molar-refractivity contribution in [2.24, 2.45) is 0 Å². The molecule has 2 aliphatic carbocycles. The van der Waals surface area contributed by atoms with Crippen LogP contribution in [0.1, 0.15) is 29.6 Å². The van der Waals surface area contributed by atoms with E-state index in [9.17, 15) is 0 Å². The van der Waals surface area contributed by atoms with E-state index in [4.69, 9.17) is 0 Å². The van der Waals surface area contributed by atoms with E-state index in [0.29, 0.717) is 7.35 Å². The van der Waals surface area contributed by atoms with Gasteiger partial charge in [0, 0.05) is 0 Å². The molecule has 0 aliphatic heterocycles. The van der Waals surface area contributed by atoms with Crippen LogP contribution in [-0.4, -0.2) is 5.49 Å². The van der Waals surface area contributed by atoms with Gasteiger partial charge in [-0.15, -0.1) is 0 Å². The van der Waals surface area contributed by atoms with Crippen molar-refractivity contribution in [2.75, 3.05) is 0 Å². The van der Waals surface area contributed by atoms with Gasteiger partial charge in [0.15, 0.2) is 0 Å². The maximum atomic E-state index is 2.81. The zero-order valence-corrected chi connectivity index (χ0v) is 30.6. The summed E-state index contributed by atoms with van der Waals surface area (Å²) in [7, 11) is 0. The molecule has 0 N–H and O–H groups in total. The fraction of sp³-hybridized carbons (Fsp3) is 0.143. The molecule has 0 saturated heterocycles. The summed E-state index contributed by atoms with van der Waals surface area (Å²) in [5, 5.41) is 5.28. The second-order valence-corrected chi connectivity index (χ2v) is 62.9. The van der Waals surface area contributed by atoms with Crippen molar-refractivity contribution in [1.82, 2.24) is 0 Å². The van der Waals surface area contributed by atoms with E-state index in [1.54, 1.807) is 11.1 Å². The summed E-state index contributed by atoms with van der Waals surface area (Å²) < 4.78 is 6.69. The Labute approximate surface area is 262 Å². The van der Waals surface area contributed by atoms with Gasteiger partial charge in [0.2, 0.25) is 0 Å². The number of benzene rings is 6. The van der Waals surface area contributed by atoms with Crippen molar-refractivity contribution in [1.29, 1.82) is 0 Å². The molecule has 2 heteroatoms. The molecule has 6 aromatic carbocycles. The minimum atomic E-state index is -3.77. The molecule has 6 aromatic rings. The molecule has 0 amide bonds. The van der Waals surface area contributed by atoms with Crippen molar-refractivity contribution < 1.29 is 17.1 Å². The van der Waals surface area contributed by atoms with Gasteiger partial charge in [-0.1, -0.05) is 0 Å². The Morgan fingerprint density at radius 3 is 1.30 bits per heavy atom. The summed E-state index contributed by atoms with van der Waals surface area (Å²) >= 11 is -3.77. The number of hydrogen-bond donors (Lipinski definition) is 0. The molecule has 0 bridgehead atoms. The van der Waals surface area contributed by atoms with E-state index in [1.165, 1.54) is 54.9 Å². The number of hydrogen-bond acceptors (Lipinski definition) is 0. The first-order valence-corrected chi connectivity index (χ1v) is 35.2. The molecule has 2 aliphatic rings. The van der Waals surface area contributed by atoms with Crippen LogP contribution < -0.4 is 0 Å². The van der Waals surface area contributed by atoms with Gasteiger partial charge in [-0.3, -0.25) is 0 Å². The molecule has 2 unspecified atom stereocenters. The van der Waals surface area contributed by atoms with Crippen LogP contribution in [-0.2, 0) is 17.1 Å². The van der Waals surface area contributed by atoms with E-state index in [0.717, 1.165) is 0 Å². The zero-order valence-electron chi connectivity index (χ0n) is 26.0. The van der Waals surface area contributed by atoms with Gasteiger partial charge in [-0.05, 0) is 0 Å². The van der Waals surface area contributed by atoms with Crippen molar-refractivity contribution in [3.63, 3.8) is 0 Å². The summed E-state index contributed by atoms with van der Waals surface area (Å²) in [6.45, 7) is 5.25. The molecule has 0 fully saturated rings. The number of rotatable bonds is 4. The molecule has 0 nitrogen and oxygen atoms in total.